The number of carbonyl (C=O) groups is 2. The Morgan fingerprint density at radius 1 is 1.00 bits per heavy atom. The fourth-order valence-electron chi connectivity index (χ4n) is 2.79. The highest BCUT2D eigenvalue weighted by molar-refractivity contribution is 7.17. The summed E-state index contributed by atoms with van der Waals surface area (Å²) in [7, 11) is 0. The predicted molar refractivity (Wildman–Crippen MR) is 112 cm³/mol. The van der Waals surface area contributed by atoms with Gasteiger partial charge in [-0.25, -0.2) is 9.78 Å². The number of rotatable bonds is 5. The van der Waals surface area contributed by atoms with Crippen LogP contribution in [0.2, 0.25) is 0 Å². The number of benzene rings is 2. The molecule has 3 aromatic rings. The maximum atomic E-state index is 12.6. The van der Waals surface area contributed by atoms with Crippen LogP contribution in [0.25, 0.3) is 10.6 Å². The molecule has 0 saturated carbocycles. The summed E-state index contributed by atoms with van der Waals surface area (Å²) in [5, 5.41) is 3.60. The van der Waals surface area contributed by atoms with E-state index in [1.54, 1.807) is 13.8 Å². The zero-order valence-electron chi connectivity index (χ0n) is 16.3. The van der Waals surface area contributed by atoms with Gasteiger partial charge in [-0.15, -0.1) is 11.3 Å². The molecular formula is C22H22N2O3S. The number of aryl methyl sites for hydroxylation is 3. The summed E-state index contributed by atoms with van der Waals surface area (Å²) in [6.07, 6.45) is -0.923. The fraction of sp³-hybridized carbons (Fsp3) is 0.227. The SMILES string of the molecule is Cc1cccc(C)c1NC(=O)[C@H](C)OC(=O)c1sc(-c2ccccc2)nc1C. The first-order valence-electron chi connectivity index (χ1n) is 8.97. The Morgan fingerprint density at radius 3 is 2.29 bits per heavy atom. The minimum atomic E-state index is -0.923. The largest absolute Gasteiger partial charge is 0.448 e. The van der Waals surface area contributed by atoms with E-state index in [2.05, 4.69) is 10.3 Å². The first-order chi connectivity index (χ1) is 13.4. The number of carbonyl (C=O) groups excluding carboxylic acids is 2. The molecule has 0 saturated heterocycles. The number of hydrogen-bond acceptors (Lipinski definition) is 5. The molecule has 0 aliphatic heterocycles. The summed E-state index contributed by atoms with van der Waals surface area (Å²) < 4.78 is 5.40. The molecule has 28 heavy (non-hydrogen) atoms. The Morgan fingerprint density at radius 2 is 1.64 bits per heavy atom. The first-order valence-corrected chi connectivity index (χ1v) is 9.79. The van der Waals surface area contributed by atoms with Crippen molar-refractivity contribution in [3.63, 3.8) is 0 Å². The predicted octanol–water partition coefficient (Wildman–Crippen LogP) is 4.92. The van der Waals surface area contributed by atoms with Crippen LogP contribution in [0.5, 0.6) is 0 Å². The zero-order chi connectivity index (χ0) is 20.3. The molecule has 0 radical (unpaired) electrons. The molecule has 2 aromatic carbocycles. The summed E-state index contributed by atoms with van der Waals surface area (Å²) in [5.74, 6) is -0.905. The lowest BCUT2D eigenvalue weighted by molar-refractivity contribution is -0.123. The van der Waals surface area contributed by atoms with E-state index < -0.39 is 12.1 Å². The Labute approximate surface area is 168 Å². The lowest BCUT2D eigenvalue weighted by Gasteiger charge is -2.16. The monoisotopic (exact) mass is 394 g/mol. The number of ether oxygens (including phenoxy) is 1. The summed E-state index contributed by atoms with van der Waals surface area (Å²) in [6, 6.07) is 15.4. The molecule has 1 atom stereocenters. The van der Waals surface area contributed by atoms with Crippen molar-refractivity contribution < 1.29 is 14.3 Å². The van der Waals surface area contributed by atoms with Gasteiger partial charge in [-0.05, 0) is 38.8 Å². The van der Waals surface area contributed by atoms with Crippen molar-refractivity contribution in [2.75, 3.05) is 5.32 Å². The van der Waals surface area contributed by atoms with E-state index in [9.17, 15) is 9.59 Å². The van der Waals surface area contributed by atoms with Crippen LogP contribution >= 0.6 is 11.3 Å². The van der Waals surface area contributed by atoms with E-state index in [-0.39, 0.29) is 5.91 Å². The molecule has 0 spiro atoms. The number of nitrogens with zero attached hydrogens (tertiary/aromatic N) is 1. The molecule has 1 amide bonds. The van der Waals surface area contributed by atoms with Crippen LogP contribution in [-0.2, 0) is 9.53 Å². The van der Waals surface area contributed by atoms with E-state index in [1.807, 2.05) is 62.4 Å². The number of hydrogen-bond donors (Lipinski definition) is 1. The van der Waals surface area contributed by atoms with Crippen LogP contribution in [-0.4, -0.2) is 23.0 Å². The second-order valence-corrected chi connectivity index (χ2v) is 7.60. The van der Waals surface area contributed by atoms with Gasteiger partial charge in [0.15, 0.2) is 6.10 Å². The molecule has 0 fully saturated rings. The average molecular weight is 394 g/mol. The molecule has 0 bridgehead atoms. The summed E-state index contributed by atoms with van der Waals surface area (Å²) in [6.45, 7) is 7.17. The van der Waals surface area contributed by atoms with Crippen molar-refractivity contribution in [1.29, 1.82) is 0 Å². The molecule has 5 nitrogen and oxygen atoms in total. The van der Waals surface area contributed by atoms with E-state index >= 15 is 0 Å². The van der Waals surface area contributed by atoms with Crippen LogP contribution in [0, 0.1) is 20.8 Å². The summed E-state index contributed by atoms with van der Waals surface area (Å²) in [5.41, 5.74) is 4.19. The third-order valence-corrected chi connectivity index (χ3v) is 5.57. The van der Waals surface area contributed by atoms with E-state index in [1.165, 1.54) is 11.3 Å². The van der Waals surface area contributed by atoms with Gasteiger partial charge < -0.3 is 10.1 Å². The third-order valence-electron chi connectivity index (χ3n) is 4.39. The van der Waals surface area contributed by atoms with E-state index in [4.69, 9.17) is 4.74 Å². The smallest absolute Gasteiger partial charge is 0.351 e. The number of aromatic nitrogens is 1. The number of nitrogens with one attached hydrogen (secondary N) is 1. The van der Waals surface area contributed by atoms with Crippen LogP contribution < -0.4 is 5.32 Å². The molecule has 0 unspecified atom stereocenters. The number of anilines is 1. The summed E-state index contributed by atoms with van der Waals surface area (Å²) in [4.78, 5) is 29.9. The molecule has 3 rings (SSSR count). The molecule has 1 heterocycles. The highest BCUT2D eigenvalue weighted by atomic mass is 32.1. The lowest BCUT2D eigenvalue weighted by Crippen LogP contribution is -2.30. The highest BCUT2D eigenvalue weighted by Gasteiger charge is 2.23. The quantitative estimate of drug-likeness (QED) is 0.624. The standard InChI is InChI=1S/C22H22N2O3S/c1-13-9-8-10-14(2)18(13)24-20(25)16(4)27-22(26)19-15(3)23-21(28-19)17-11-6-5-7-12-17/h5-12,16H,1-4H3,(H,24,25)/t16-/m0/s1. The van der Waals surface area contributed by atoms with Gasteiger partial charge in [0.05, 0.1) is 5.69 Å². The maximum absolute atomic E-state index is 12.6. The first kappa shape index (κ1) is 19.8. The highest BCUT2D eigenvalue weighted by Crippen LogP contribution is 2.28. The second-order valence-electron chi connectivity index (χ2n) is 6.60. The van der Waals surface area contributed by atoms with Crippen LogP contribution in [0.15, 0.2) is 48.5 Å². The van der Waals surface area contributed by atoms with Crippen LogP contribution in [0.3, 0.4) is 0 Å². The number of para-hydroxylation sites is 1. The van der Waals surface area contributed by atoms with Gasteiger partial charge in [-0.1, -0.05) is 48.5 Å². The van der Waals surface area contributed by atoms with Gasteiger partial charge >= 0.3 is 5.97 Å². The van der Waals surface area contributed by atoms with Crippen LogP contribution in [0.1, 0.15) is 33.4 Å². The minimum absolute atomic E-state index is 0.365. The molecule has 1 N–H and O–H groups in total. The number of thiazole rings is 1. The fourth-order valence-corrected chi connectivity index (χ4v) is 3.75. The lowest BCUT2D eigenvalue weighted by atomic mass is 10.1. The Balaban J connectivity index is 1.71. The molecule has 0 aliphatic rings. The third kappa shape index (κ3) is 4.28. The maximum Gasteiger partial charge on any atom is 0.351 e. The van der Waals surface area contributed by atoms with Gasteiger partial charge in [0.2, 0.25) is 0 Å². The van der Waals surface area contributed by atoms with Crippen molar-refractivity contribution in [3.05, 3.63) is 70.2 Å². The topological polar surface area (TPSA) is 68.3 Å². The van der Waals surface area contributed by atoms with Gasteiger partial charge in [0, 0.05) is 11.3 Å². The normalized spacial score (nSPS) is 11.7. The molecule has 1 aromatic heterocycles. The van der Waals surface area contributed by atoms with Gasteiger partial charge in [-0.3, -0.25) is 4.79 Å². The van der Waals surface area contributed by atoms with Gasteiger partial charge in [0.1, 0.15) is 9.88 Å². The Bertz CT molecular complexity index is 992. The Hall–Kier alpha value is -2.99. The van der Waals surface area contributed by atoms with Gasteiger partial charge in [0.25, 0.3) is 5.91 Å². The number of amides is 1. The van der Waals surface area contributed by atoms with Crippen molar-refractivity contribution >= 4 is 28.9 Å². The van der Waals surface area contributed by atoms with Crippen molar-refractivity contribution in [2.45, 2.75) is 33.8 Å². The average Bonchev–Trinajstić information content (AvgIpc) is 3.07. The van der Waals surface area contributed by atoms with Crippen molar-refractivity contribution in [3.8, 4) is 10.6 Å². The van der Waals surface area contributed by atoms with Crippen molar-refractivity contribution in [1.82, 2.24) is 4.98 Å². The molecule has 6 heteroatoms. The zero-order valence-corrected chi connectivity index (χ0v) is 17.1. The van der Waals surface area contributed by atoms with Crippen LogP contribution in [0.4, 0.5) is 5.69 Å². The van der Waals surface area contributed by atoms with E-state index in [0.717, 1.165) is 27.4 Å². The van der Waals surface area contributed by atoms with E-state index in [0.29, 0.717) is 10.6 Å². The molecular weight excluding hydrogens is 372 g/mol. The van der Waals surface area contributed by atoms with Gasteiger partial charge in [-0.2, -0.15) is 0 Å². The second kappa shape index (κ2) is 8.35. The Kier molecular flexibility index (Phi) is 5.90. The van der Waals surface area contributed by atoms with Crippen molar-refractivity contribution in [2.24, 2.45) is 0 Å². The molecule has 0 aliphatic carbocycles. The minimum Gasteiger partial charge on any atom is -0.448 e. The number of esters is 1. The molecule has 144 valence electrons. The summed E-state index contributed by atoms with van der Waals surface area (Å²) >= 11 is 1.27.